The molecular weight excluding hydrogens is 445 g/mol. The average Bonchev–Trinajstić information content (AvgIpc) is 3.60. The normalized spacial score (nSPS) is 12.8. The fourth-order valence-corrected chi connectivity index (χ4v) is 4.07. The fourth-order valence-electron chi connectivity index (χ4n) is 3.13. The quantitative estimate of drug-likeness (QED) is 0.362. The Morgan fingerprint density at radius 2 is 1.79 bits per heavy atom. The number of hydrogen-bond acceptors (Lipinski definition) is 5. The number of benzene rings is 3. The highest BCUT2D eigenvalue weighted by molar-refractivity contribution is 7.99. The van der Waals surface area contributed by atoms with Gasteiger partial charge in [-0.15, -0.1) is 0 Å². The van der Waals surface area contributed by atoms with Crippen LogP contribution in [0, 0.1) is 22.9 Å². The van der Waals surface area contributed by atoms with Crippen LogP contribution in [-0.2, 0) is 0 Å². The molecule has 0 bridgehead atoms. The molecule has 1 saturated carbocycles. The molecule has 7 nitrogen and oxygen atoms in total. The zero-order valence-corrected chi connectivity index (χ0v) is 18.4. The molecule has 0 radical (unpaired) electrons. The van der Waals surface area contributed by atoms with Gasteiger partial charge in [-0.2, -0.15) is 0 Å². The number of carbonyl (C=O) groups excluding carboxylic acids is 2. The van der Waals surface area contributed by atoms with Gasteiger partial charge < -0.3 is 10.6 Å². The number of rotatable bonds is 7. The Labute approximate surface area is 193 Å². The standard InChI is InChI=1S/C24H20FN3O4S/c1-14-6-7-15(23(29)26-16-8-9-16)12-20(14)27-24(30)18-13-17(28(31)32)10-11-21(18)33-22-5-3-2-4-19(22)25/h2-7,10-13,16H,8-9H2,1H3,(H,26,29)(H,27,30). The molecule has 0 saturated heterocycles. The second-order valence-corrected chi connectivity index (χ2v) is 8.79. The Morgan fingerprint density at radius 1 is 1.03 bits per heavy atom. The molecule has 3 aromatic rings. The molecule has 0 aromatic heterocycles. The highest BCUT2D eigenvalue weighted by Crippen LogP contribution is 2.34. The molecule has 0 atom stereocenters. The first kappa shape index (κ1) is 22.5. The van der Waals surface area contributed by atoms with Crippen molar-refractivity contribution in [2.45, 2.75) is 35.6 Å². The van der Waals surface area contributed by atoms with Gasteiger partial charge in [0.1, 0.15) is 5.82 Å². The lowest BCUT2D eigenvalue weighted by atomic mass is 10.1. The van der Waals surface area contributed by atoms with E-state index in [1.165, 1.54) is 18.2 Å². The van der Waals surface area contributed by atoms with Crippen molar-refractivity contribution in [3.05, 3.63) is 93.3 Å². The number of hydrogen-bond donors (Lipinski definition) is 2. The molecule has 2 N–H and O–H groups in total. The molecule has 3 aromatic carbocycles. The number of nitrogens with one attached hydrogen (secondary N) is 2. The number of aryl methyl sites for hydroxylation is 1. The molecule has 0 heterocycles. The number of carbonyl (C=O) groups is 2. The van der Waals surface area contributed by atoms with Gasteiger partial charge in [-0.1, -0.05) is 30.0 Å². The van der Waals surface area contributed by atoms with E-state index in [1.54, 1.807) is 43.3 Å². The van der Waals surface area contributed by atoms with Gasteiger partial charge in [0, 0.05) is 39.2 Å². The van der Waals surface area contributed by atoms with Gasteiger partial charge in [0.05, 0.1) is 10.5 Å². The molecule has 0 unspecified atom stereocenters. The zero-order chi connectivity index (χ0) is 23.5. The van der Waals surface area contributed by atoms with Crippen LogP contribution in [0.15, 0.2) is 70.5 Å². The first-order valence-electron chi connectivity index (χ1n) is 10.3. The number of nitro benzene ring substituents is 1. The zero-order valence-electron chi connectivity index (χ0n) is 17.6. The van der Waals surface area contributed by atoms with Crippen LogP contribution in [0.25, 0.3) is 0 Å². The second kappa shape index (κ2) is 9.41. The maximum atomic E-state index is 14.2. The molecule has 0 spiro atoms. The topological polar surface area (TPSA) is 101 Å². The van der Waals surface area contributed by atoms with Crippen LogP contribution in [0.3, 0.4) is 0 Å². The molecule has 2 amide bonds. The summed E-state index contributed by atoms with van der Waals surface area (Å²) in [6, 6.07) is 15.1. The summed E-state index contributed by atoms with van der Waals surface area (Å²) in [6.45, 7) is 1.78. The van der Waals surface area contributed by atoms with E-state index in [0.29, 0.717) is 16.1 Å². The van der Waals surface area contributed by atoms with Crippen LogP contribution in [0.2, 0.25) is 0 Å². The number of amides is 2. The predicted molar refractivity (Wildman–Crippen MR) is 123 cm³/mol. The monoisotopic (exact) mass is 465 g/mol. The third-order valence-electron chi connectivity index (χ3n) is 5.14. The van der Waals surface area contributed by atoms with Crippen LogP contribution in [0.5, 0.6) is 0 Å². The van der Waals surface area contributed by atoms with E-state index in [0.717, 1.165) is 36.2 Å². The van der Waals surface area contributed by atoms with Crippen molar-refractivity contribution in [2.24, 2.45) is 0 Å². The van der Waals surface area contributed by atoms with Crippen LogP contribution in [-0.4, -0.2) is 22.8 Å². The lowest BCUT2D eigenvalue weighted by molar-refractivity contribution is -0.384. The maximum absolute atomic E-state index is 14.2. The van der Waals surface area contributed by atoms with E-state index in [2.05, 4.69) is 10.6 Å². The summed E-state index contributed by atoms with van der Waals surface area (Å²) >= 11 is 1.00. The second-order valence-electron chi connectivity index (χ2n) is 7.70. The van der Waals surface area contributed by atoms with Crippen molar-refractivity contribution < 1.29 is 18.9 Å². The van der Waals surface area contributed by atoms with Crippen LogP contribution >= 0.6 is 11.8 Å². The Balaban J connectivity index is 1.64. The summed E-state index contributed by atoms with van der Waals surface area (Å²) < 4.78 is 14.2. The van der Waals surface area contributed by atoms with Crippen molar-refractivity contribution in [3.8, 4) is 0 Å². The van der Waals surface area contributed by atoms with Crippen molar-refractivity contribution in [1.29, 1.82) is 0 Å². The van der Waals surface area contributed by atoms with Gasteiger partial charge in [0.15, 0.2) is 0 Å². The summed E-state index contributed by atoms with van der Waals surface area (Å²) in [4.78, 5) is 36.9. The smallest absolute Gasteiger partial charge is 0.270 e. The van der Waals surface area contributed by atoms with E-state index >= 15 is 0 Å². The van der Waals surface area contributed by atoms with Gasteiger partial charge in [0.2, 0.25) is 0 Å². The number of nitro groups is 1. The molecule has 1 fully saturated rings. The fraction of sp³-hybridized carbons (Fsp3) is 0.167. The van der Waals surface area contributed by atoms with Crippen molar-refractivity contribution >= 4 is 35.0 Å². The van der Waals surface area contributed by atoms with Gasteiger partial charge in [-0.3, -0.25) is 19.7 Å². The average molecular weight is 466 g/mol. The summed E-state index contributed by atoms with van der Waals surface area (Å²) in [5.41, 5.74) is 1.32. The molecule has 168 valence electrons. The van der Waals surface area contributed by atoms with Gasteiger partial charge >= 0.3 is 0 Å². The van der Waals surface area contributed by atoms with Crippen LogP contribution in [0.1, 0.15) is 39.1 Å². The Kier molecular flexibility index (Phi) is 6.41. The maximum Gasteiger partial charge on any atom is 0.270 e. The van der Waals surface area contributed by atoms with Crippen molar-refractivity contribution in [3.63, 3.8) is 0 Å². The van der Waals surface area contributed by atoms with E-state index in [1.807, 2.05) is 0 Å². The summed E-state index contributed by atoms with van der Waals surface area (Å²) in [5.74, 6) is -1.28. The summed E-state index contributed by atoms with van der Waals surface area (Å²) in [5, 5.41) is 16.9. The molecule has 9 heteroatoms. The number of non-ortho nitro benzene ring substituents is 1. The number of nitrogens with zero attached hydrogens (tertiary/aromatic N) is 1. The molecule has 4 rings (SSSR count). The minimum atomic E-state index is -0.597. The molecule has 1 aliphatic rings. The summed E-state index contributed by atoms with van der Waals surface area (Å²) in [6.07, 6.45) is 1.91. The Bertz CT molecular complexity index is 1260. The third kappa shape index (κ3) is 5.38. The lowest BCUT2D eigenvalue weighted by Crippen LogP contribution is -2.25. The Morgan fingerprint density at radius 3 is 2.48 bits per heavy atom. The van der Waals surface area contributed by atoms with Crippen LogP contribution < -0.4 is 10.6 Å². The van der Waals surface area contributed by atoms with Crippen molar-refractivity contribution in [2.75, 3.05) is 5.32 Å². The Hall–Kier alpha value is -3.72. The minimum absolute atomic E-state index is 0.0321. The van der Waals surface area contributed by atoms with Crippen LogP contribution in [0.4, 0.5) is 15.8 Å². The highest BCUT2D eigenvalue weighted by Gasteiger charge is 2.24. The van der Waals surface area contributed by atoms with Gasteiger partial charge in [-0.05, 0) is 55.7 Å². The van der Waals surface area contributed by atoms with Crippen molar-refractivity contribution in [1.82, 2.24) is 5.32 Å². The SMILES string of the molecule is Cc1ccc(C(=O)NC2CC2)cc1NC(=O)c1cc([N+](=O)[O-])ccc1Sc1ccccc1F. The molecule has 33 heavy (non-hydrogen) atoms. The van der Waals surface area contributed by atoms with Gasteiger partial charge in [0.25, 0.3) is 17.5 Å². The number of halogens is 1. The predicted octanol–water partition coefficient (Wildman–Crippen LogP) is 5.34. The third-order valence-corrected chi connectivity index (χ3v) is 6.26. The molecular formula is C24H20FN3O4S. The highest BCUT2D eigenvalue weighted by atomic mass is 32.2. The summed E-state index contributed by atoms with van der Waals surface area (Å²) in [7, 11) is 0. The lowest BCUT2D eigenvalue weighted by Gasteiger charge is -2.13. The largest absolute Gasteiger partial charge is 0.349 e. The number of anilines is 1. The van der Waals surface area contributed by atoms with Gasteiger partial charge in [-0.25, -0.2) is 4.39 Å². The molecule has 1 aliphatic carbocycles. The van der Waals surface area contributed by atoms with E-state index in [4.69, 9.17) is 0 Å². The van der Waals surface area contributed by atoms with E-state index in [9.17, 15) is 24.1 Å². The molecule has 0 aliphatic heterocycles. The minimum Gasteiger partial charge on any atom is -0.349 e. The van der Waals surface area contributed by atoms with E-state index in [-0.39, 0.29) is 28.1 Å². The first-order valence-corrected chi connectivity index (χ1v) is 11.1. The van der Waals surface area contributed by atoms with E-state index < -0.39 is 16.6 Å². The first-order chi connectivity index (χ1) is 15.8.